The average Bonchev–Trinajstić information content (AvgIpc) is 2.89. The number of hydrogen-bond donors (Lipinski definition) is 0. The molecule has 0 aromatic heterocycles. The number of benzene rings is 4. The van der Waals surface area contributed by atoms with Gasteiger partial charge in [0.25, 0.3) is 0 Å². The van der Waals surface area contributed by atoms with E-state index in [2.05, 4.69) is 6.58 Å². The Morgan fingerprint density at radius 1 is 0.636 bits per heavy atom. The topological polar surface area (TPSA) is 44.8 Å². The molecule has 4 heteroatoms. The van der Waals surface area contributed by atoms with Crippen LogP contribution >= 0.6 is 0 Å². The minimum Gasteiger partial charge on any atom is -0.497 e. The summed E-state index contributed by atoms with van der Waals surface area (Å²) in [5, 5.41) is 0. The highest BCUT2D eigenvalue weighted by Crippen LogP contribution is 2.36. The van der Waals surface area contributed by atoms with Gasteiger partial charge in [-0.25, -0.2) is 4.79 Å². The fourth-order valence-corrected chi connectivity index (χ4v) is 3.58. The number of carbonyl (C=O) groups is 1. The van der Waals surface area contributed by atoms with Gasteiger partial charge < -0.3 is 14.2 Å². The second kappa shape index (κ2) is 9.88. The van der Waals surface area contributed by atoms with Crippen molar-refractivity contribution in [1.29, 1.82) is 0 Å². The minimum atomic E-state index is -0.502. The lowest BCUT2D eigenvalue weighted by molar-refractivity contribution is -0.128. The summed E-state index contributed by atoms with van der Waals surface area (Å²) >= 11 is 0. The molecule has 0 radical (unpaired) electrons. The van der Waals surface area contributed by atoms with E-state index in [0.717, 1.165) is 51.0 Å². The van der Waals surface area contributed by atoms with Crippen LogP contribution in [0.4, 0.5) is 0 Å². The molecule has 4 rings (SSSR count). The van der Waals surface area contributed by atoms with Gasteiger partial charge in [0.15, 0.2) is 0 Å². The highest BCUT2D eigenvalue weighted by molar-refractivity contribution is 5.87. The van der Waals surface area contributed by atoms with Gasteiger partial charge in [-0.3, -0.25) is 0 Å². The second-order valence-corrected chi connectivity index (χ2v) is 7.37. The van der Waals surface area contributed by atoms with Crippen molar-refractivity contribution < 1.29 is 19.0 Å². The normalized spacial score (nSPS) is 10.4. The summed E-state index contributed by atoms with van der Waals surface area (Å²) in [5.41, 5.74) is 5.87. The maximum absolute atomic E-state index is 12.0. The second-order valence-electron chi connectivity index (χ2n) is 7.37. The molecule has 0 heterocycles. The molecule has 0 aliphatic heterocycles. The molecular weight excluding hydrogens is 412 g/mol. The van der Waals surface area contributed by atoms with Crippen molar-refractivity contribution in [2.24, 2.45) is 0 Å². The highest BCUT2D eigenvalue weighted by atomic mass is 16.5. The molecule has 0 aliphatic carbocycles. The lowest BCUT2D eigenvalue weighted by Crippen LogP contribution is -2.04. The molecule has 0 bridgehead atoms. The molecule has 0 fully saturated rings. The van der Waals surface area contributed by atoms with Crippen molar-refractivity contribution in [3.05, 3.63) is 104 Å². The fourth-order valence-electron chi connectivity index (χ4n) is 3.58. The van der Waals surface area contributed by atoms with Gasteiger partial charge in [0, 0.05) is 11.6 Å². The zero-order valence-electron chi connectivity index (χ0n) is 18.6. The van der Waals surface area contributed by atoms with Crippen molar-refractivity contribution in [2.45, 2.75) is 0 Å². The number of esters is 1. The summed E-state index contributed by atoms with van der Waals surface area (Å²) in [4.78, 5) is 12.0. The first-order chi connectivity index (χ1) is 16.1. The number of rotatable bonds is 7. The van der Waals surface area contributed by atoms with Gasteiger partial charge in [0.05, 0.1) is 14.2 Å². The largest absolute Gasteiger partial charge is 0.497 e. The van der Waals surface area contributed by atoms with Crippen LogP contribution in [-0.2, 0) is 4.79 Å². The summed E-state index contributed by atoms with van der Waals surface area (Å²) in [6, 6.07) is 29.6. The third-order valence-corrected chi connectivity index (χ3v) is 5.40. The van der Waals surface area contributed by atoms with E-state index in [9.17, 15) is 4.79 Å². The van der Waals surface area contributed by atoms with Crippen LogP contribution < -0.4 is 14.2 Å². The van der Waals surface area contributed by atoms with Crippen molar-refractivity contribution in [1.82, 2.24) is 0 Å². The first kappa shape index (κ1) is 21.9. The van der Waals surface area contributed by atoms with Gasteiger partial charge in [-0.05, 0) is 58.1 Å². The zero-order valence-corrected chi connectivity index (χ0v) is 18.6. The maximum Gasteiger partial charge on any atom is 0.335 e. The van der Waals surface area contributed by atoms with Gasteiger partial charge in [-0.15, -0.1) is 0 Å². The molecule has 0 unspecified atom stereocenters. The lowest BCUT2D eigenvalue weighted by Gasteiger charge is -2.13. The quantitative estimate of drug-likeness (QED) is 0.182. The van der Waals surface area contributed by atoms with Crippen molar-refractivity contribution >= 4 is 5.97 Å². The van der Waals surface area contributed by atoms with Gasteiger partial charge >= 0.3 is 5.97 Å². The van der Waals surface area contributed by atoms with Gasteiger partial charge in [0.1, 0.15) is 17.2 Å². The van der Waals surface area contributed by atoms with E-state index >= 15 is 0 Å². The first-order valence-electron chi connectivity index (χ1n) is 10.5. The van der Waals surface area contributed by atoms with E-state index in [4.69, 9.17) is 14.2 Å². The molecule has 0 amide bonds. The molecule has 0 aliphatic rings. The van der Waals surface area contributed by atoms with Crippen LogP contribution in [0.15, 0.2) is 104 Å². The Hall–Kier alpha value is -4.31. The summed E-state index contributed by atoms with van der Waals surface area (Å²) in [6.07, 6.45) is 1.16. The summed E-state index contributed by atoms with van der Waals surface area (Å²) in [5.74, 6) is 1.58. The third-order valence-electron chi connectivity index (χ3n) is 5.40. The molecule has 4 aromatic rings. The molecular formula is C29H24O4. The highest BCUT2D eigenvalue weighted by Gasteiger charge is 2.12. The molecule has 33 heavy (non-hydrogen) atoms. The summed E-state index contributed by atoms with van der Waals surface area (Å²) in [6.45, 7) is 3.52. The number of methoxy groups -OCH3 is 2. The molecule has 164 valence electrons. The molecule has 0 atom stereocenters. The van der Waals surface area contributed by atoms with Crippen LogP contribution in [0.2, 0.25) is 0 Å². The first-order valence-corrected chi connectivity index (χ1v) is 10.5. The average molecular weight is 437 g/mol. The number of hydrogen-bond acceptors (Lipinski definition) is 4. The fraction of sp³-hybridized carbons (Fsp3) is 0.0690. The van der Waals surface area contributed by atoms with Crippen LogP contribution in [0.5, 0.6) is 17.2 Å². The molecule has 0 N–H and O–H groups in total. The van der Waals surface area contributed by atoms with Crippen molar-refractivity contribution in [3.8, 4) is 50.6 Å². The molecule has 4 aromatic carbocycles. The maximum atomic E-state index is 12.0. The van der Waals surface area contributed by atoms with E-state index in [-0.39, 0.29) is 0 Å². The summed E-state index contributed by atoms with van der Waals surface area (Å²) < 4.78 is 16.1. The Morgan fingerprint density at radius 2 is 1.06 bits per heavy atom. The Balaban J connectivity index is 1.68. The van der Waals surface area contributed by atoms with Crippen LogP contribution in [0.1, 0.15) is 0 Å². The number of ether oxygens (including phenoxy) is 3. The van der Waals surface area contributed by atoms with Crippen molar-refractivity contribution in [2.75, 3.05) is 14.2 Å². The minimum absolute atomic E-state index is 0.477. The van der Waals surface area contributed by atoms with Gasteiger partial charge in [-0.1, -0.05) is 67.2 Å². The van der Waals surface area contributed by atoms with E-state index < -0.39 is 5.97 Å². The molecule has 0 spiro atoms. The Morgan fingerprint density at radius 3 is 1.55 bits per heavy atom. The Labute approximate surface area is 193 Å². The van der Waals surface area contributed by atoms with Crippen LogP contribution in [-0.4, -0.2) is 20.2 Å². The Kier molecular flexibility index (Phi) is 6.56. The lowest BCUT2D eigenvalue weighted by atomic mass is 9.97. The van der Waals surface area contributed by atoms with E-state index in [1.165, 1.54) is 0 Å². The predicted octanol–water partition coefficient (Wildman–Crippen LogP) is 6.80. The van der Waals surface area contributed by atoms with Crippen LogP contribution in [0.25, 0.3) is 33.4 Å². The molecule has 4 nitrogen and oxygen atoms in total. The van der Waals surface area contributed by atoms with E-state index in [1.54, 1.807) is 14.2 Å². The molecule has 0 saturated heterocycles. The monoisotopic (exact) mass is 436 g/mol. The standard InChI is InChI=1S/C29H24O4/c1-4-29(30)33-28-19-24(22-11-16-26(32-3)17-12-22)13-18-27(28)23-7-5-20(6-8-23)21-9-14-25(31-2)15-10-21/h4-19H,1H2,2-3H3. The zero-order chi connectivity index (χ0) is 23.2. The van der Waals surface area contributed by atoms with Gasteiger partial charge in [0.2, 0.25) is 0 Å². The van der Waals surface area contributed by atoms with Crippen LogP contribution in [0.3, 0.4) is 0 Å². The summed E-state index contributed by atoms with van der Waals surface area (Å²) in [7, 11) is 3.29. The third kappa shape index (κ3) is 4.96. The predicted molar refractivity (Wildman–Crippen MR) is 132 cm³/mol. The van der Waals surface area contributed by atoms with Crippen LogP contribution in [0, 0.1) is 0 Å². The van der Waals surface area contributed by atoms with Crippen molar-refractivity contribution in [3.63, 3.8) is 0 Å². The smallest absolute Gasteiger partial charge is 0.335 e. The molecule has 0 saturated carbocycles. The van der Waals surface area contributed by atoms with E-state index in [1.807, 2.05) is 91.0 Å². The Bertz CT molecular complexity index is 1250. The van der Waals surface area contributed by atoms with Gasteiger partial charge in [-0.2, -0.15) is 0 Å². The van der Waals surface area contributed by atoms with E-state index in [0.29, 0.717) is 5.75 Å². The SMILES string of the molecule is C=CC(=O)Oc1cc(-c2ccc(OC)cc2)ccc1-c1ccc(-c2ccc(OC)cc2)cc1. The number of carbonyl (C=O) groups excluding carboxylic acids is 1.